The molecule has 0 N–H and O–H groups in total. The van der Waals surface area contributed by atoms with Gasteiger partial charge in [-0.05, 0) is 15.9 Å². The minimum Gasteiger partial charge on any atom is -0.355 e. The highest BCUT2D eigenvalue weighted by molar-refractivity contribution is 9.10. The minimum atomic E-state index is -4.26. The number of rotatable bonds is 0. The molecule has 1 heterocycles. The molecule has 0 aliphatic heterocycles. The molecular formula is C6H5BrF3N. The summed E-state index contributed by atoms with van der Waals surface area (Å²) in [4.78, 5) is 0. The molecule has 0 amide bonds. The molecule has 0 bridgehead atoms. The topological polar surface area (TPSA) is 4.93 Å². The van der Waals surface area contributed by atoms with E-state index in [4.69, 9.17) is 0 Å². The van der Waals surface area contributed by atoms with E-state index in [0.717, 1.165) is 6.20 Å². The van der Waals surface area contributed by atoms with Crippen LogP contribution in [-0.4, -0.2) is 4.57 Å². The number of halogens is 4. The Balaban J connectivity index is 3.13. The molecule has 0 spiro atoms. The molecule has 1 rings (SSSR count). The van der Waals surface area contributed by atoms with Gasteiger partial charge in [0.15, 0.2) is 0 Å². The van der Waals surface area contributed by atoms with Crippen LogP contribution in [0.15, 0.2) is 16.9 Å². The van der Waals surface area contributed by atoms with Crippen LogP contribution in [0, 0.1) is 0 Å². The average Bonchev–Trinajstić information content (AvgIpc) is 2.08. The van der Waals surface area contributed by atoms with Crippen molar-refractivity contribution in [2.45, 2.75) is 6.18 Å². The lowest BCUT2D eigenvalue weighted by molar-refractivity contribution is -0.138. The molecule has 0 radical (unpaired) electrons. The first-order valence-corrected chi connectivity index (χ1v) is 3.59. The van der Waals surface area contributed by atoms with Gasteiger partial charge >= 0.3 is 6.18 Å². The quantitative estimate of drug-likeness (QED) is 0.643. The van der Waals surface area contributed by atoms with Gasteiger partial charge in [0.1, 0.15) is 0 Å². The molecule has 0 saturated heterocycles. The lowest BCUT2D eigenvalue weighted by Crippen LogP contribution is -2.03. The Morgan fingerprint density at radius 2 is 1.91 bits per heavy atom. The molecule has 0 aliphatic carbocycles. The van der Waals surface area contributed by atoms with Crippen LogP contribution in [0.4, 0.5) is 13.2 Å². The highest BCUT2D eigenvalue weighted by atomic mass is 79.9. The Morgan fingerprint density at radius 3 is 2.09 bits per heavy atom. The zero-order valence-corrected chi connectivity index (χ0v) is 7.20. The van der Waals surface area contributed by atoms with E-state index in [-0.39, 0.29) is 4.47 Å². The van der Waals surface area contributed by atoms with E-state index in [1.807, 2.05) is 0 Å². The molecular weight excluding hydrogens is 223 g/mol. The summed E-state index contributed by atoms with van der Waals surface area (Å²) in [6.07, 6.45) is -1.87. The summed E-state index contributed by atoms with van der Waals surface area (Å²) in [5.41, 5.74) is -0.639. The van der Waals surface area contributed by atoms with Crippen molar-refractivity contribution >= 4 is 15.9 Å². The molecule has 11 heavy (non-hydrogen) atoms. The number of hydrogen-bond acceptors (Lipinski definition) is 0. The third-order valence-electron chi connectivity index (χ3n) is 1.21. The molecule has 1 nitrogen and oxygen atoms in total. The Kier molecular flexibility index (Phi) is 2.00. The van der Waals surface area contributed by atoms with Gasteiger partial charge in [0.05, 0.1) is 5.56 Å². The van der Waals surface area contributed by atoms with Gasteiger partial charge in [0, 0.05) is 23.9 Å². The predicted octanol–water partition coefficient (Wildman–Crippen LogP) is 2.81. The lowest BCUT2D eigenvalue weighted by atomic mass is 10.3. The molecule has 0 saturated carbocycles. The number of nitrogens with zero attached hydrogens (tertiary/aromatic N) is 1. The first-order chi connectivity index (χ1) is 4.91. The van der Waals surface area contributed by atoms with E-state index in [9.17, 15) is 13.2 Å². The first-order valence-electron chi connectivity index (χ1n) is 2.80. The van der Waals surface area contributed by atoms with Gasteiger partial charge in [-0.1, -0.05) is 0 Å². The van der Waals surface area contributed by atoms with E-state index >= 15 is 0 Å². The van der Waals surface area contributed by atoms with Gasteiger partial charge in [-0.2, -0.15) is 13.2 Å². The molecule has 1 aromatic rings. The molecule has 0 aliphatic rings. The molecule has 0 fully saturated rings. The van der Waals surface area contributed by atoms with Crippen LogP contribution in [0.2, 0.25) is 0 Å². The summed E-state index contributed by atoms with van der Waals surface area (Å²) >= 11 is 2.81. The third-order valence-corrected chi connectivity index (χ3v) is 1.84. The van der Waals surface area contributed by atoms with Crippen LogP contribution in [0.5, 0.6) is 0 Å². The van der Waals surface area contributed by atoms with Gasteiger partial charge in [-0.3, -0.25) is 0 Å². The maximum Gasteiger partial charge on any atom is 0.418 e. The molecule has 0 unspecified atom stereocenters. The van der Waals surface area contributed by atoms with Crippen molar-refractivity contribution < 1.29 is 13.2 Å². The van der Waals surface area contributed by atoms with Gasteiger partial charge in [0.2, 0.25) is 0 Å². The molecule has 0 aromatic carbocycles. The highest BCUT2D eigenvalue weighted by Gasteiger charge is 2.33. The Hall–Kier alpha value is -0.450. The average molecular weight is 228 g/mol. The van der Waals surface area contributed by atoms with Gasteiger partial charge in [-0.15, -0.1) is 0 Å². The summed E-state index contributed by atoms with van der Waals surface area (Å²) in [6, 6.07) is 0. The van der Waals surface area contributed by atoms with Crippen LogP contribution >= 0.6 is 15.9 Å². The van der Waals surface area contributed by atoms with Crippen molar-refractivity contribution in [3.63, 3.8) is 0 Å². The van der Waals surface area contributed by atoms with E-state index < -0.39 is 11.7 Å². The summed E-state index contributed by atoms with van der Waals surface area (Å²) in [5.74, 6) is 0. The molecule has 1 aromatic heterocycles. The second-order valence-electron chi connectivity index (χ2n) is 2.18. The fourth-order valence-corrected chi connectivity index (χ4v) is 1.41. The van der Waals surface area contributed by atoms with Crippen molar-refractivity contribution in [2.75, 3.05) is 0 Å². The van der Waals surface area contributed by atoms with Crippen LogP contribution < -0.4 is 0 Å². The highest BCUT2D eigenvalue weighted by Crippen LogP contribution is 2.34. The van der Waals surface area contributed by atoms with Crippen LogP contribution in [0.25, 0.3) is 0 Å². The lowest BCUT2D eigenvalue weighted by Gasteiger charge is -2.02. The fourth-order valence-electron chi connectivity index (χ4n) is 0.759. The second-order valence-corrected chi connectivity index (χ2v) is 3.04. The monoisotopic (exact) mass is 227 g/mol. The summed E-state index contributed by atoms with van der Waals surface area (Å²) in [5, 5.41) is 0. The molecule has 5 heteroatoms. The van der Waals surface area contributed by atoms with Crippen LogP contribution in [0.1, 0.15) is 5.56 Å². The number of aromatic nitrogens is 1. The SMILES string of the molecule is Cn1cc(Br)c(C(F)(F)F)c1. The largest absolute Gasteiger partial charge is 0.418 e. The Bertz CT molecular complexity index is 263. The maximum atomic E-state index is 12.0. The predicted molar refractivity (Wildman–Crippen MR) is 38.1 cm³/mol. The number of aryl methyl sites for hydroxylation is 1. The van der Waals surface area contributed by atoms with Crippen LogP contribution in [0.3, 0.4) is 0 Å². The van der Waals surface area contributed by atoms with Gasteiger partial charge < -0.3 is 4.57 Å². The summed E-state index contributed by atoms with van der Waals surface area (Å²) in [7, 11) is 1.54. The van der Waals surface area contributed by atoms with Crippen molar-refractivity contribution in [1.29, 1.82) is 0 Å². The van der Waals surface area contributed by atoms with Crippen LogP contribution in [-0.2, 0) is 13.2 Å². The summed E-state index contributed by atoms with van der Waals surface area (Å²) < 4.78 is 37.5. The first kappa shape index (κ1) is 8.64. The van der Waals surface area contributed by atoms with E-state index in [1.165, 1.54) is 10.8 Å². The van der Waals surface area contributed by atoms with E-state index in [2.05, 4.69) is 15.9 Å². The van der Waals surface area contributed by atoms with Crippen molar-refractivity contribution in [1.82, 2.24) is 4.57 Å². The summed E-state index contributed by atoms with van der Waals surface area (Å²) in [6.45, 7) is 0. The van der Waals surface area contributed by atoms with Gasteiger partial charge in [-0.25, -0.2) is 0 Å². The zero-order valence-electron chi connectivity index (χ0n) is 5.61. The normalized spacial score (nSPS) is 12.1. The maximum absolute atomic E-state index is 12.0. The van der Waals surface area contributed by atoms with Crippen molar-refractivity contribution in [3.05, 3.63) is 22.4 Å². The fraction of sp³-hybridized carbons (Fsp3) is 0.333. The van der Waals surface area contributed by atoms with Crippen molar-refractivity contribution in [2.24, 2.45) is 7.05 Å². The Labute approximate surface area is 69.9 Å². The van der Waals surface area contributed by atoms with E-state index in [0.29, 0.717) is 0 Å². The smallest absolute Gasteiger partial charge is 0.355 e. The third kappa shape index (κ3) is 1.77. The van der Waals surface area contributed by atoms with Gasteiger partial charge in [0.25, 0.3) is 0 Å². The minimum absolute atomic E-state index is 0.0764. The van der Waals surface area contributed by atoms with E-state index in [1.54, 1.807) is 7.05 Å². The second kappa shape index (κ2) is 2.55. The molecule has 62 valence electrons. The zero-order chi connectivity index (χ0) is 8.65. The number of alkyl halides is 3. The Morgan fingerprint density at radius 1 is 1.36 bits per heavy atom. The standard InChI is InChI=1S/C6H5BrF3N/c1-11-2-4(5(7)3-11)6(8,9)10/h2-3H,1H3. The number of hydrogen-bond donors (Lipinski definition) is 0. The molecule has 0 atom stereocenters. The van der Waals surface area contributed by atoms with Crippen molar-refractivity contribution in [3.8, 4) is 0 Å².